The van der Waals surface area contributed by atoms with Gasteiger partial charge in [0.2, 0.25) is 0 Å². The third-order valence-corrected chi connectivity index (χ3v) is 3.39. The van der Waals surface area contributed by atoms with Gasteiger partial charge in [0, 0.05) is 19.8 Å². The zero-order chi connectivity index (χ0) is 14.7. The molecule has 21 heavy (non-hydrogen) atoms. The molecule has 2 heterocycles. The number of aromatic nitrogens is 3. The molecule has 1 N–H and O–H groups in total. The highest BCUT2D eigenvalue weighted by molar-refractivity contribution is 5.92. The van der Waals surface area contributed by atoms with Crippen molar-refractivity contribution in [2.24, 2.45) is 7.05 Å². The molecule has 0 fully saturated rings. The molecule has 0 atom stereocenters. The van der Waals surface area contributed by atoms with Crippen molar-refractivity contribution in [2.75, 3.05) is 6.54 Å². The first-order chi connectivity index (χ1) is 10.2. The summed E-state index contributed by atoms with van der Waals surface area (Å²) in [7, 11) is 1.97. The standard InChI is InChI=1S/C16H16N4O/c1-20-11-19-14-10-12(5-6-15(14)20)7-9-18-16(21)13-4-2-3-8-17-13/h2-6,8,10-11H,7,9H2,1H3,(H,18,21). The Kier molecular flexibility index (Phi) is 3.64. The zero-order valence-corrected chi connectivity index (χ0v) is 11.8. The lowest BCUT2D eigenvalue weighted by molar-refractivity contribution is 0.0949. The molecule has 0 aliphatic rings. The molecule has 3 aromatic rings. The fourth-order valence-electron chi connectivity index (χ4n) is 2.25. The van der Waals surface area contributed by atoms with Gasteiger partial charge in [0.25, 0.3) is 5.91 Å². The highest BCUT2D eigenvalue weighted by Crippen LogP contribution is 2.14. The van der Waals surface area contributed by atoms with Crippen LogP contribution < -0.4 is 5.32 Å². The molecular formula is C16H16N4O. The number of hydrogen-bond acceptors (Lipinski definition) is 3. The molecule has 3 rings (SSSR count). The molecule has 0 radical (unpaired) electrons. The minimum absolute atomic E-state index is 0.144. The third-order valence-electron chi connectivity index (χ3n) is 3.39. The summed E-state index contributed by atoms with van der Waals surface area (Å²) in [5.41, 5.74) is 3.68. The van der Waals surface area contributed by atoms with Gasteiger partial charge in [0.1, 0.15) is 5.69 Å². The number of aryl methyl sites for hydroxylation is 1. The lowest BCUT2D eigenvalue weighted by Crippen LogP contribution is -2.26. The van der Waals surface area contributed by atoms with E-state index in [1.54, 1.807) is 30.7 Å². The van der Waals surface area contributed by atoms with Crippen molar-refractivity contribution in [1.82, 2.24) is 19.9 Å². The van der Waals surface area contributed by atoms with Crippen molar-refractivity contribution in [3.05, 3.63) is 60.2 Å². The van der Waals surface area contributed by atoms with Crippen molar-refractivity contribution in [1.29, 1.82) is 0 Å². The first-order valence-electron chi connectivity index (χ1n) is 6.83. The average molecular weight is 280 g/mol. The Morgan fingerprint density at radius 2 is 2.14 bits per heavy atom. The molecule has 1 aromatic carbocycles. The summed E-state index contributed by atoms with van der Waals surface area (Å²) in [4.78, 5) is 20.2. The molecule has 0 saturated heterocycles. The van der Waals surface area contributed by atoms with Gasteiger partial charge >= 0.3 is 0 Å². The normalized spacial score (nSPS) is 10.7. The molecule has 0 saturated carbocycles. The Bertz CT molecular complexity index is 764. The van der Waals surface area contributed by atoms with E-state index in [0.717, 1.165) is 23.0 Å². The molecule has 0 bridgehead atoms. The molecule has 0 unspecified atom stereocenters. The van der Waals surface area contributed by atoms with Crippen molar-refractivity contribution in [3.8, 4) is 0 Å². The van der Waals surface area contributed by atoms with Crippen LogP contribution in [0.2, 0.25) is 0 Å². The Balaban J connectivity index is 1.60. The summed E-state index contributed by atoms with van der Waals surface area (Å²) in [6.45, 7) is 0.577. The van der Waals surface area contributed by atoms with Crippen LogP contribution in [0.25, 0.3) is 11.0 Å². The number of carbonyl (C=O) groups is 1. The van der Waals surface area contributed by atoms with Gasteiger partial charge in [-0.2, -0.15) is 0 Å². The summed E-state index contributed by atoms with van der Waals surface area (Å²) >= 11 is 0. The van der Waals surface area contributed by atoms with Crippen molar-refractivity contribution in [3.63, 3.8) is 0 Å². The van der Waals surface area contributed by atoms with E-state index in [4.69, 9.17) is 0 Å². The maximum absolute atomic E-state index is 11.9. The number of benzene rings is 1. The minimum atomic E-state index is -0.144. The lowest BCUT2D eigenvalue weighted by atomic mass is 10.1. The highest BCUT2D eigenvalue weighted by atomic mass is 16.1. The number of pyridine rings is 1. The van der Waals surface area contributed by atoms with Gasteiger partial charge in [0.05, 0.1) is 17.4 Å². The number of nitrogens with zero attached hydrogens (tertiary/aromatic N) is 3. The molecule has 5 heteroatoms. The van der Waals surface area contributed by atoms with Gasteiger partial charge in [-0.3, -0.25) is 9.78 Å². The van der Waals surface area contributed by atoms with Crippen molar-refractivity contribution < 1.29 is 4.79 Å². The number of amides is 1. The maximum atomic E-state index is 11.9. The Hall–Kier alpha value is -2.69. The second-order valence-electron chi connectivity index (χ2n) is 4.90. The minimum Gasteiger partial charge on any atom is -0.350 e. The largest absolute Gasteiger partial charge is 0.350 e. The van der Waals surface area contributed by atoms with Gasteiger partial charge in [-0.15, -0.1) is 0 Å². The van der Waals surface area contributed by atoms with Crippen LogP contribution in [0, 0.1) is 0 Å². The molecule has 0 aliphatic heterocycles. The second kappa shape index (κ2) is 5.75. The molecule has 0 aliphatic carbocycles. The molecule has 5 nitrogen and oxygen atoms in total. The van der Waals surface area contributed by atoms with E-state index in [1.807, 2.05) is 11.6 Å². The topological polar surface area (TPSA) is 59.8 Å². The van der Waals surface area contributed by atoms with Crippen LogP contribution in [0.5, 0.6) is 0 Å². The molecule has 2 aromatic heterocycles. The van der Waals surface area contributed by atoms with Crippen molar-refractivity contribution >= 4 is 16.9 Å². The fraction of sp³-hybridized carbons (Fsp3) is 0.188. The van der Waals surface area contributed by atoms with Crippen LogP contribution in [0.15, 0.2) is 48.9 Å². The number of nitrogens with one attached hydrogen (secondary N) is 1. The average Bonchev–Trinajstić information content (AvgIpc) is 2.89. The van der Waals surface area contributed by atoms with Crippen LogP contribution in [0.3, 0.4) is 0 Å². The molecule has 0 spiro atoms. The van der Waals surface area contributed by atoms with Gasteiger partial charge in [-0.25, -0.2) is 4.98 Å². The van der Waals surface area contributed by atoms with Crippen LogP contribution in [0.1, 0.15) is 16.1 Å². The highest BCUT2D eigenvalue weighted by Gasteiger charge is 2.06. The van der Waals surface area contributed by atoms with E-state index < -0.39 is 0 Å². The molecular weight excluding hydrogens is 264 g/mol. The summed E-state index contributed by atoms with van der Waals surface area (Å²) < 4.78 is 1.99. The van der Waals surface area contributed by atoms with Crippen molar-refractivity contribution in [2.45, 2.75) is 6.42 Å². The number of hydrogen-bond donors (Lipinski definition) is 1. The number of carbonyl (C=O) groups excluding carboxylic acids is 1. The predicted molar refractivity (Wildman–Crippen MR) is 81.0 cm³/mol. The van der Waals surface area contributed by atoms with Gasteiger partial charge < -0.3 is 9.88 Å². The number of fused-ring (bicyclic) bond motifs is 1. The van der Waals surface area contributed by atoms with E-state index in [9.17, 15) is 4.79 Å². The number of imidazole rings is 1. The van der Waals surface area contributed by atoms with E-state index in [2.05, 4.69) is 33.5 Å². The summed E-state index contributed by atoms with van der Waals surface area (Å²) in [6, 6.07) is 11.5. The quantitative estimate of drug-likeness (QED) is 0.794. The maximum Gasteiger partial charge on any atom is 0.269 e. The fourth-order valence-corrected chi connectivity index (χ4v) is 2.25. The zero-order valence-electron chi connectivity index (χ0n) is 11.8. The van der Waals surface area contributed by atoms with Crippen LogP contribution in [0.4, 0.5) is 0 Å². The van der Waals surface area contributed by atoms with Crippen LogP contribution in [-0.2, 0) is 13.5 Å². The van der Waals surface area contributed by atoms with E-state index >= 15 is 0 Å². The molecule has 106 valence electrons. The summed E-state index contributed by atoms with van der Waals surface area (Å²) in [5.74, 6) is -0.144. The van der Waals surface area contributed by atoms with Gasteiger partial charge in [-0.1, -0.05) is 12.1 Å². The number of rotatable bonds is 4. The SMILES string of the molecule is Cn1cnc2cc(CCNC(=O)c3ccccn3)ccc21. The van der Waals surface area contributed by atoms with E-state index in [0.29, 0.717) is 12.2 Å². The smallest absolute Gasteiger partial charge is 0.269 e. The third kappa shape index (κ3) is 2.91. The van der Waals surface area contributed by atoms with Crippen LogP contribution >= 0.6 is 0 Å². The van der Waals surface area contributed by atoms with E-state index in [-0.39, 0.29) is 5.91 Å². The summed E-state index contributed by atoms with van der Waals surface area (Å²) in [6.07, 6.45) is 4.19. The lowest BCUT2D eigenvalue weighted by Gasteiger charge is -2.05. The molecule has 1 amide bonds. The second-order valence-corrected chi connectivity index (χ2v) is 4.90. The van der Waals surface area contributed by atoms with Crippen LogP contribution in [-0.4, -0.2) is 27.0 Å². The first kappa shape index (κ1) is 13.3. The Labute approximate surface area is 122 Å². The van der Waals surface area contributed by atoms with Gasteiger partial charge in [-0.05, 0) is 36.2 Å². The Morgan fingerprint density at radius 3 is 2.95 bits per heavy atom. The summed E-state index contributed by atoms with van der Waals surface area (Å²) in [5, 5.41) is 2.87. The Morgan fingerprint density at radius 1 is 1.24 bits per heavy atom. The van der Waals surface area contributed by atoms with Gasteiger partial charge in [0.15, 0.2) is 0 Å². The monoisotopic (exact) mass is 280 g/mol. The first-order valence-corrected chi connectivity index (χ1v) is 6.83. The van der Waals surface area contributed by atoms with E-state index in [1.165, 1.54) is 0 Å². The predicted octanol–water partition coefficient (Wildman–Crippen LogP) is 1.94.